The van der Waals surface area contributed by atoms with Crippen LogP contribution in [0.25, 0.3) is 0 Å². The highest BCUT2D eigenvalue weighted by molar-refractivity contribution is 7.91. The molecule has 0 amide bonds. The predicted molar refractivity (Wildman–Crippen MR) is 73.7 cm³/mol. The molecule has 106 valence electrons. The number of hydrazine groups is 1. The quantitative estimate of drug-likeness (QED) is 0.603. The molecule has 0 radical (unpaired) electrons. The highest BCUT2D eigenvalue weighted by atomic mass is 32.2. The topological polar surface area (TPSA) is 72.2 Å². The Morgan fingerprint density at radius 2 is 1.67 bits per heavy atom. The zero-order chi connectivity index (χ0) is 13.2. The second kappa shape index (κ2) is 5.88. The SMILES string of the molecule is CS(=O)(=O)C1CCCC(C(NN)C2CCCC2)C1. The van der Waals surface area contributed by atoms with Gasteiger partial charge in [-0.3, -0.25) is 11.3 Å². The van der Waals surface area contributed by atoms with Crippen molar-refractivity contribution in [3.05, 3.63) is 0 Å². The monoisotopic (exact) mass is 274 g/mol. The third-order valence-corrected chi connectivity index (χ3v) is 6.52. The van der Waals surface area contributed by atoms with Crippen molar-refractivity contribution in [2.45, 2.75) is 62.7 Å². The van der Waals surface area contributed by atoms with E-state index >= 15 is 0 Å². The van der Waals surface area contributed by atoms with Crippen molar-refractivity contribution in [1.29, 1.82) is 0 Å². The second-order valence-corrected chi connectivity index (χ2v) is 8.44. The van der Waals surface area contributed by atoms with Gasteiger partial charge in [-0.15, -0.1) is 0 Å². The van der Waals surface area contributed by atoms with Gasteiger partial charge in [-0.25, -0.2) is 8.42 Å². The highest BCUT2D eigenvalue weighted by Gasteiger charge is 2.36. The molecule has 3 N–H and O–H groups in total. The second-order valence-electron chi connectivity index (χ2n) is 6.12. The average Bonchev–Trinajstić information content (AvgIpc) is 2.83. The van der Waals surface area contributed by atoms with Crippen LogP contribution in [0.5, 0.6) is 0 Å². The maximum atomic E-state index is 11.7. The predicted octanol–water partition coefficient (Wildman–Crippen LogP) is 1.61. The van der Waals surface area contributed by atoms with Gasteiger partial charge in [0.05, 0.1) is 5.25 Å². The zero-order valence-corrected chi connectivity index (χ0v) is 12.1. The van der Waals surface area contributed by atoms with E-state index in [0.717, 1.165) is 25.7 Å². The van der Waals surface area contributed by atoms with Crippen molar-refractivity contribution in [1.82, 2.24) is 5.43 Å². The fourth-order valence-electron chi connectivity index (χ4n) is 3.87. The molecular weight excluding hydrogens is 248 g/mol. The minimum Gasteiger partial charge on any atom is -0.271 e. The molecular formula is C13H26N2O2S. The van der Waals surface area contributed by atoms with Crippen LogP contribution >= 0.6 is 0 Å². The summed E-state index contributed by atoms with van der Waals surface area (Å²) in [6, 6.07) is 0.317. The first kappa shape index (κ1) is 14.3. The minimum absolute atomic E-state index is 0.145. The van der Waals surface area contributed by atoms with Crippen LogP contribution in [0.3, 0.4) is 0 Å². The van der Waals surface area contributed by atoms with Crippen molar-refractivity contribution in [3.63, 3.8) is 0 Å². The molecule has 3 unspecified atom stereocenters. The summed E-state index contributed by atoms with van der Waals surface area (Å²) in [5, 5.41) is -0.145. The first-order chi connectivity index (χ1) is 8.52. The van der Waals surface area contributed by atoms with Crippen LogP contribution < -0.4 is 11.3 Å². The van der Waals surface area contributed by atoms with Crippen molar-refractivity contribution in [2.75, 3.05) is 6.26 Å². The Balaban J connectivity index is 2.02. The lowest BCUT2D eigenvalue weighted by molar-refractivity contribution is 0.210. The van der Waals surface area contributed by atoms with Crippen LogP contribution in [0.2, 0.25) is 0 Å². The largest absolute Gasteiger partial charge is 0.271 e. The highest BCUT2D eigenvalue weighted by Crippen LogP contribution is 2.37. The standard InChI is InChI=1S/C13H26N2O2S/c1-18(16,17)12-8-4-7-11(9-12)13(15-14)10-5-2-3-6-10/h10-13,15H,2-9,14H2,1H3. The summed E-state index contributed by atoms with van der Waals surface area (Å²) in [7, 11) is -2.89. The summed E-state index contributed by atoms with van der Waals surface area (Å²) in [4.78, 5) is 0. The van der Waals surface area contributed by atoms with Crippen LogP contribution in [0.1, 0.15) is 51.4 Å². The third kappa shape index (κ3) is 3.25. The summed E-state index contributed by atoms with van der Waals surface area (Å²) in [5.74, 6) is 6.83. The Morgan fingerprint density at radius 1 is 1.06 bits per heavy atom. The summed E-state index contributed by atoms with van der Waals surface area (Å²) < 4.78 is 23.4. The number of nitrogens with one attached hydrogen (secondary N) is 1. The lowest BCUT2D eigenvalue weighted by Crippen LogP contribution is -2.48. The average molecular weight is 274 g/mol. The molecule has 0 aromatic rings. The molecule has 2 aliphatic rings. The molecule has 18 heavy (non-hydrogen) atoms. The summed E-state index contributed by atoms with van der Waals surface area (Å²) >= 11 is 0. The first-order valence-corrected chi connectivity index (χ1v) is 9.13. The number of nitrogens with two attached hydrogens (primary N) is 1. The molecule has 5 heteroatoms. The molecule has 3 atom stereocenters. The maximum Gasteiger partial charge on any atom is 0.150 e. The van der Waals surface area contributed by atoms with Gasteiger partial charge in [0.2, 0.25) is 0 Å². The summed E-state index contributed by atoms with van der Waals surface area (Å²) in [6.07, 6.45) is 10.2. The molecule has 2 fully saturated rings. The van der Waals surface area contributed by atoms with E-state index in [0.29, 0.717) is 17.9 Å². The molecule has 4 nitrogen and oxygen atoms in total. The lowest BCUT2D eigenvalue weighted by Gasteiger charge is -2.36. The number of sulfone groups is 1. The fourth-order valence-corrected chi connectivity index (χ4v) is 5.06. The summed E-state index contributed by atoms with van der Waals surface area (Å²) in [5.41, 5.74) is 2.99. The Hall–Kier alpha value is -0.130. The van der Waals surface area contributed by atoms with Crippen LogP contribution in [0, 0.1) is 11.8 Å². The van der Waals surface area contributed by atoms with Gasteiger partial charge in [0.1, 0.15) is 9.84 Å². The third-order valence-electron chi connectivity index (χ3n) is 4.88. The number of rotatable bonds is 4. The van der Waals surface area contributed by atoms with Gasteiger partial charge in [0, 0.05) is 12.3 Å². The van der Waals surface area contributed by atoms with E-state index in [-0.39, 0.29) is 5.25 Å². The van der Waals surface area contributed by atoms with Gasteiger partial charge in [-0.05, 0) is 43.9 Å². The fraction of sp³-hybridized carbons (Fsp3) is 1.00. The van der Waals surface area contributed by atoms with Crippen molar-refractivity contribution in [2.24, 2.45) is 17.7 Å². The molecule has 0 saturated heterocycles. The maximum absolute atomic E-state index is 11.7. The Bertz CT molecular complexity index is 363. The first-order valence-electron chi connectivity index (χ1n) is 7.17. The lowest BCUT2D eigenvalue weighted by atomic mass is 9.78. The van der Waals surface area contributed by atoms with Gasteiger partial charge in [0.15, 0.2) is 0 Å². The Kier molecular flexibility index (Phi) is 4.67. The normalized spacial score (nSPS) is 32.6. The van der Waals surface area contributed by atoms with Gasteiger partial charge in [-0.1, -0.05) is 19.3 Å². The van der Waals surface area contributed by atoms with Gasteiger partial charge in [-0.2, -0.15) is 0 Å². The molecule has 2 aliphatic carbocycles. The Morgan fingerprint density at radius 3 is 2.22 bits per heavy atom. The van der Waals surface area contributed by atoms with Crippen LogP contribution in [-0.2, 0) is 9.84 Å². The van der Waals surface area contributed by atoms with Crippen molar-refractivity contribution >= 4 is 9.84 Å². The van der Waals surface area contributed by atoms with Gasteiger partial charge < -0.3 is 0 Å². The van der Waals surface area contributed by atoms with Gasteiger partial charge >= 0.3 is 0 Å². The molecule has 0 aromatic heterocycles. The van der Waals surface area contributed by atoms with E-state index in [2.05, 4.69) is 5.43 Å². The number of hydrogen-bond acceptors (Lipinski definition) is 4. The van der Waals surface area contributed by atoms with E-state index < -0.39 is 9.84 Å². The molecule has 0 heterocycles. The zero-order valence-electron chi connectivity index (χ0n) is 11.3. The van der Waals surface area contributed by atoms with E-state index in [1.165, 1.54) is 31.9 Å². The Labute approximate surface area is 111 Å². The van der Waals surface area contributed by atoms with E-state index in [9.17, 15) is 8.42 Å². The van der Waals surface area contributed by atoms with Crippen LogP contribution in [0.15, 0.2) is 0 Å². The molecule has 0 aromatic carbocycles. The molecule has 0 spiro atoms. The molecule has 2 saturated carbocycles. The summed E-state index contributed by atoms with van der Waals surface area (Å²) in [6.45, 7) is 0. The molecule has 2 rings (SSSR count). The van der Waals surface area contributed by atoms with Crippen LogP contribution in [0.4, 0.5) is 0 Å². The van der Waals surface area contributed by atoms with E-state index in [4.69, 9.17) is 5.84 Å². The van der Waals surface area contributed by atoms with E-state index in [1.807, 2.05) is 0 Å². The number of hydrogen-bond donors (Lipinski definition) is 2. The van der Waals surface area contributed by atoms with Crippen molar-refractivity contribution < 1.29 is 8.42 Å². The van der Waals surface area contributed by atoms with E-state index in [1.54, 1.807) is 0 Å². The van der Waals surface area contributed by atoms with Crippen molar-refractivity contribution in [3.8, 4) is 0 Å². The molecule has 0 aliphatic heterocycles. The molecule has 0 bridgehead atoms. The van der Waals surface area contributed by atoms with Gasteiger partial charge in [0.25, 0.3) is 0 Å². The minimum atomic E-state index is -2.89. The smallest absolute Gasteiger partial charge is 0.150 e. The van der Waals surface area contributed by atoms with Crippen LogP contribution in [-0.4, -0.2) is 26.0 Å².